The predicted molar refractivity (Wildman–Crippen MR) is 132 cm³/mol. The summed E-state index contributed by atoms with van der Waals surface area (Å²) < 4.78 is 23.7. The number of ether oxygens (including phenoxy) is 4. The Morgan fingerprint density at radius 3 is 1.52 bits per heavy atom. The van der Waals surface area contributed by atoms with Gasteiger partial charge in [-0.3, -0.25) is 0 Å². The molecule has 4 nitrogen and oxygen atoms in total. The van der Waals surface area contributed by atoms with Gasteiger partial charge in [0.15, 0.2) is 12.6 Å². The lowest BCUT2D eigenvalue weighted by Gasteiger charge is -2.17. The van der Waals surface area contributed by atoms with Gasteiger partial charge in [-0.25, -0.2) is 0 Å². The van der Waals surface area contributed by atoms with Crippen LogP contribution < -0.4 is 0 Å². The van der Waals surface area contributed by atoms with Gasteiger partial charge in [0.2, 0.25) is 0 Å². The first-order chi connectivity index (χ1) is 15.3. The maximum absolute atomic E-state index is 6.09. The number of hydrogen-bond acceptors (Lipinski definition) is 4. The minimum Gasteiger partial charge on any atom is -0.491 e. The van der Waals surface area contributed by atoms with Gasteiger partial charge in [-0.1, -0.05) is 105 Å². The van der Waals surface area contributed by atoms with Gasteiger partial charge in [-0.2, -0.15) is 0 Å². The fourth-order valence-electron chi connectivity index (χ4n) is 3.40. The topological polar surface area (TPSA) is 36.9 Å². The van der Waals surface area contributed by atoms with Gasteiger partial charge < -0.3 is 18.9 Å². The molecule has 0 aliphatic rings. The Hall–Kier alpha value is -0.900. The molecule has 0 aliphatic carbocycles. The molecular formula is C27H54O4. The predicted octanol–water partition coefficient (Wildman–Crippen LogP) is 8.89. The zero-order valence-corrected chi connectivity index (χ0v) is 21.5. The molecule has 0 spiro atoms. The van der Waals surface area contributed by atoms with Crippen molar-refractivity contribution in [2.45, 2.75) is 137 Å². The van der Waals surface area contributed by atoms with E-state index in [1.165, 1.54) is 77.0 Å². The second-order valence-electron chi connectivity index (χ2n) is 8.57. The Balaban J connectivity index is 4.37. The van der Waals surface area contributed by atoms with Gasteiger partial charge >= 0.3 is 5.95 Å². The van der Waals surface area contributed by atoms with Crippen LogP contribution in [0.4, 0.5) is 0 Å². The largest absolute Gasteiger partial charge is 0.491 e. The molecule has 0 rings (SSSR count). The number of hydrogen-bond donors (Lipinski definition) is 0. The first-order valence-electron chi connectivity index (χ1n) is 13.5. The first kappa shape index (κ1) is 30.1. The normalized spacial score (nSPS) is 12.0. The minimum absolute atomic E-state index is 0.243. The molecule has 0 fully saturated rings. The molecule has 0 unspecified atom stereocenters. The summed E-state index contributed by atoms with van der Waals surface area (Å²) in [5.41, 5.74) is 0. The van der Waals surface area contributed by atoms with Crippen LogP contribution >= 0.6 is 0 Å². The van der Waals surface area contributed by atoms with Crippen LogP contribution in [0.3, 0.4) is 0 Å². The molecule has 0 aromatic carbocycles. The van der Waals surface area contributed by atoms with E-state index in [0.717, 1.165) is 51.1 Å². The molecule has 0 amide bonds. The summed E-state index contributed by atoms with van der Waals surface area (Å²) in [5, 5.41) is 0. The summed E-state index contributed by atoms with van der Waals surface area (Å²) in [6.07, 6.45) is 20.4. The first-order valence-corrected chi connectivity index (χ1v) is 13.5. The Kier molecular flexibility index (Phi) is 24.6. The standard InChI is InChI=1S/C27H54O4/c1-5-9-12-15-16-17-18-22-28-25-31-27(30-24-20-14-11-7-3)26(21-8-4)29-23-19-13-10-6-2/h5-25H2,1-4H3. The molecule has 0 heterocycles. The molecular weight excluding hydrogens is 388 g/mol. The Morgan fingerprint density at radius 1 is 0.452 bits per heavy atom. The van der Waals surface area contributed by atoms with Crippen molar-refractivity contribution in [1.29, 1.82) is 0 Å². The van der Waals surface area contributed by atoms with E-state index in [1.54, 1.807) is 0 Å². The van der Waals surface area contributed by atoms with Crippen LogP contribution in [0.2, 0.25) is 0 Å². The SMILES string of the molecule is CCCCCCCCCOCOC(OCCCCCC)=C(CCC)OCCCCCC. The fourth-order valence-corrected chi connectivity index (χ4v) is 3.40. The highest BCUT2D eigenvalue weighted by molar-refractivity contribution is 4.95. The highest BCUT2D eigenvalue weighted by Crippen LogP contribution is 2.18. The molecule has 0 aromatic rings. The zero-order chi connectivity index (χ0) is 22.8. The average Bonchev–Trinajstić information content (AvgIpc) is 2.78. The summed E-state index contributed by atoms with van der Waals surface area (Å²) >= 11 is 0. The average molecular weight is 443 g/mol. The summed E-state index contributed by atoms with van der Waals surface area (Å²) in [6, 6.07) is 0. The van der Waals surface area contributed by atoms with Crippen LogP contribution in [0, 0.1) is 0 Å². The van der Waals surface area contributed by atoms with E-state index in [2.05, 4.69) is 27.7 Å². The summed E-state index contributed by atoms with van der Waals surface area (Å²) in [4.78, 5) is 0. The van der Waals surface area contributed by atoms with Crippen molar-refractivity contribution in [2.75, 3.05) is 26.6 Å². The summed E-state index contributed by atoms with van der Waals surface area (Å²) in [7, 11) is 0. The number of allylic oxidation sites excluding steroid dienone is 1. The minimum atomic E-state index is 0.243. The van der Waals surface area contributed by atoms with Crippen LogP contribution in [0.5, 0.6) is 0 Å². The molecule has 4 heteroatoms. The monoisotopic (exact) mass is 442 g/mol. The molecule has 0 aromatic heterocycles. The molecule has 186 valence electrons. The number of unbranched alkanes of at least 4 members (excludes halogenated alkanes) is 12. The van der Waals surface area contributed by atoms with Crippen LogP contribution in [0.1, 0.15) is 137 Å². The molecule has 0 aliphatic heterocycles. The van der Waals surface area contributed by atoms with Crippen molar-refractivity contribution in [3.8, 4) is 0 Å². The molecule has 0 saturated heterocycles. The lowest BCUT2D eigenvalue weighted by molar-refractivity contribution is -0.0845. The summed E-state index contributed by atoms with van der Waals surface area (Å²) in [6.45, 7) is 11.3. The lowest BCUT2D eigenvalue weighted by Crippen LogP contribution is -2.10. The highest BCUT2D eigenvalue weighted by Gasteiger charge is 2.12. The van der Waals surface area contributed by atoms with Crippen molar-refractivity contribution in [3.63, 3.8) is 0 Å². The molecule has 0 bridgehead atoms. The van der Waals surface area contributed by atoms with Gasteiger partial charge in [0.1, 0.15) is 0 Å². The van der Waals surface area contributed by atoms with E-state index in [1.807, 2.05) is 0 Å². The van der Waals surface area contributed by atoms with Gasteiger partial charge in [-0.15, -0.1) is 0 Å². The molecule has 0 N–H and O–H groups in total. The molecule has 0 atom stereocenters. The summed E-state index contributed by atoms with van der Waals surface area (Å²) in [5.74, 6) is 1.41. The van der Waals surface area contributed by atoms with Crippen molar-refractivity contribution >= 4 is 0 Å². The lowest BCUT2D eigenvalue weighted by atomic mass is 10.1. The van der Waals surface area contributed by atoms with E-state index >= 15 is 0 Å². The second kappa shape index (κ2) is 25.4. The van der Waals surface area contributed by atoms with Gasteiger partial charge in [-0.05, 0) is 25.7 Å². The highest BCUT2D eigenvalue weighted by atomic mass is 16.7. The second-order valence-corrected chi connectivity index (χ2v) is 8.57. The van der Waals surface area contributed by atoms with E-state index in [-0.39, 0.29) is 6.79 Å². The van der Waals surface area contributed by atoms with E-state index in [4.69, 9.17) is 18.9 Å². The Morgan fingerprint density at radius 2 is 0.935 bits per heavy atom. The van der Waals surface area contributed by atoms with Gasteiger partial charge in [0.05, 0.1) is 19.8 Å². The molecule has 0 radical (unpaired) electrons. The van der Waals surface area contributed by atoms with E-state index < -0.39 is 0 Å². The van der Waals surface area contributed by atoms with E-state index in [9.17, 15) is 0 Å². The Bertz CT molecular complexity index is 381. The maximum Gasteiger partial charge on any atom is 0.321 e. The zero-order valence-electron chi connectivity index (χ0n) is 21.5. The van der Waals surface area contributed by atoms with Crippen LogP contribution in [0.25, 0.3) is 0 Å². The van der Waals surface area contributed by atoms with Gasteiger partial charge in [0.25, 0.3) is 0 Å². The third-order valence-electron chi connectivity index (χ3n) is 5.38. The fraction of sp³-hybridized carbons (Fsp3) is 0.926. The van der Waals surface area contributed by atoms with Crippen molar-refractivity contribution in [2.24, 2.45) is 0 Å². The third-order valence-corrected chi connectivity index (χ3v) is 5.38. The van der Waals surface area contributed by atoms with Crippen LogP contribution in [0.15, 0.2) is 11.7 Å². The van der Waals surface area contributed by atoms with Crippen molar-refractivity contribution < 1.29 is 18.9 Å². The maximum atomic E-state index is 6.09. The van der Waals surface area contributed by atoms with Crippen molar-refractivity contribution in [3.05, 3.63) is 11.7 Å². The Labute approximate surface area is 194 Å². The van der Waals surface area contributed by atoms with Crippen molar-refractivity contribution in [1.82, 2.24) is 0 Å². The van der Waals surface area contributed by atoms with Crippen LogP contribution in [-0.2, 0) is 18.9 Å². The van der Waals surface area contributed by atoms with Gasteiger partial charge in [0, 0.05) is 6.42 Å². The van der Waals surface area contributed by atoms with Crippen LogP contribution in [-0.4, -0.2) is 26.6 Å². The smallest absolute Gasteiger partial charge is 0.321 e. The van der Waals surface area contributed by atoms with E-state index in [0.29, 0.717) is 12.6 Å². The molecule has 0 saturated carbocycles. The quantitative estimate of drug-likeness (QED) is 0.0803. The molecule has 31 heavy (non-hydrogen) atoms. The third kappa shape index (κ3) is 20.7. The number of rotatable bonds is 25.